The van der Waals surface area contributed by atoms with Crippen LogP contribution in [0.4, 0.5) is 0 Å². The fourth-order valence-corrected chi connectivity index (χ4v) is 2.34. The maximum atomic E-state index is 6.19. The zero-order valence-electron chi connectivity index (χ0n) is 8.73. The molecule has 85 valence electrons. The molecule has 0 nitrogen and oxygen atoms in total. The monoisotopic (exact) mass is 321 g/mol. The summed E-state index contributed by atoms with van der Waals surface area (Å²) >= 11 is 14.1. The predicted molar refractivity (Wildman–Crippen MR) is 69.3 cm³/mol. The van der Waals surface area contributed by atoms with Gasteiger partial charge in [0.25, 0.3) is 0 Å². The third-order valence-electron chi connectivity index (χ3n) is 1.85. The van der Waals surface area contributed by atoms with Gasteiger partial charge in [-0.3, -0.25) is 0 Å². The van der Waals surface area contributed by atoms with Gasteiger partial charge in [-0.1, -0.05) is 0 Å². The van der Waals surface area contributed by atoms with E-state index in [0.717, 1.165) is 19.5 Å². The number of benzene rings is 1. The van der Waals surface area contributed by atoms with Crippen molar-refractivity contribution >= 4 is 51.9 Å². The molecule has 0 saturated heterocycles. The largest absolute Gasteiger partial charge is 0.147 e. The number of rotatable bonds is 0. The Hall–Kier alpha value is 1.09. The van der Waals surface area contributed by atoms with Crippen LogP contribution in [0, 0.1) is 0 Å². The van der Waals surface area contributed by atoms with E-state index < -0.39 is 0 Å². The van der Waals surface area contributed by atoms with Gasteiger partial charge in [-0.2, -0.15) is 0 Å². The average Bonchev–Trinajstić information content (AvgIpc) is 1.94. The maximum absolute atomic E-state index is 6.19. The van der Waals surface area contributed by atoms with Crippen LogP contribution in [0.1, 0.15) is 26.3 Å². The number of hydrogen-bond donors (Lipinski definition) is 0. The van der Waals surface area contributed by atoms with Crippen molar-refractivity contribution in [3.8, 4) is 0 Å². The molecule has 0 unspecified atom stereocenters. The molecule has 0 aliphatic heterocycles. The molecule has 0 atom stereocenters. The summed E-state index contributed by atoms with van der Waals surface area (Å²) in [6, 6.07) is 3.83. The van der Waals surface area contributed by atoms with Crippen molar-refractivity contribution in [2.75, 3.05) is 0 Å². The third kappa shape index (κ3) is 4.85. The van der Waals surface area contributed by atoms with Crippen molar-refractivity contribution in [1.29, 1.82) is 0 Å². The molecule has 1 aromatic carbocycles. The molecule has 0 spiro atoms. The van der Waals surface area contributed by atoms with Crippen LogP contribution >= 0.6 is 48.0 Å². The molecule has 0 radical (unpaired) electrons. The van der Waals surface area contributed by atoms with Gasteiger partial charge in [0.2, 0.25) is 0 Å². The minimum absolute atomic E-state index is 0. The van der Waals surface area contributed by atoms with E-state index in [9.17, 15) is 0 Å². The van der Waals surface area contributed by atoms with Gasteiger partial charge in [0.15, 0.2) is 0 Å². The second-order valence-corrected chi connectivity index (χ2v) is 5.72. The van der Waals surface area contributed by atoms with Gasteiger partial charge in [0.05, 0.1) is 0 Å². The van der Waals surface area contributed by atoms with Crippen molar-refractivity contribution in [2.24, 2.45) is 0 Å². The Balaban J connectivity index is 0. The molecule has 15 heavy (non-hydrogen) atoms. The van der Waals surface area contributed by atoms with E-state index in [-0.39, 0.29) is 30.2 Å². The smallest absolute Gasteiger partial charge is 0.147 e. The first-order chi connectivity index (χ1) is 5.82. The molecular formula is C10H13Cl4Ti. The van der Waals surface area contributed by atoms with Crippen LogP contribution in [0.3, 0.4) is 0 Å². The fraction of sp³-hybridized carbons (Fsp3) is 0.400. The predicted octanol–water partition coefficient (Wildman–Crippen LogP) is 4.31. The normalized spacial score (nSPS) is 10.1. The first-order valence-corrected chi connectivity index (χ1v) is 5.57. The summed E-state index contributed by atoms with van der Waals surface area (Å²) in [5.74, 6) is 0. The standard InChI is InChI=1S/C10H11Cl2.2ClH.Ti/c1-10(2,3)8-6-7(11)4-5-9(8)12;;;/h4,6H,1-3H3;2*1H;. The van der Waals surface area contributed by atoms with Crippen LogP contribution in [-0.2, 0) is 25.9 Å². The molecule has 0 amide bonds. The van der Waals surface area contributed by atoms with Gasteiger partial charge in [-0.05, 0) is 0 Å². The summed E-state index contributed by atoms with van der Waals surface area (Å²) in [7, 11) is 0. The Labute approximate surface area is 125 Å². The van der Waals surface area contributed by atoms with E-state index in [2.05, 4.69) is 20.8 Å². The van der Waals surface area contributed by atoms with Gasteiger partial charge in [-0.25, -0.2) is 0 Å². The van der Waals surface area contributed by atoms with Crippen LogP contribution in [0.25, 0.3) is 0 Å². The zero-order chi connectivity index (χ0) is 10.2. The molecule has 0 saturated carbocycles. The average molecular weight is 323 g/mol. The molecule has 1 rings (SSSR count). The minimum atomic E-state index is 0. The third-order valence-corrected chi connectivity index (χ3v) is 3.33. The van der Waals surface area contributed by atoms with E-state index in [4.69, 9.17) is 23.2 Å². The molecule has 0 bridgehead atoms. The zero-order valence-corrected chi connectivity index (χ0v) is 13.4. The van der Waals surface area contributed by atoms with Crippen molar-refractivity contribution < 1.29 is 20.4 Å². The Morgan fingerprint density at radius 1 is 1.07 bits per heavy atom. The van der Waals surface area contributed by atoms with Gasteiger partial charge < -0.3 is 0 Å². The van der Waals surface area contributed by atoms with Crippen LogP contribution in [-0.4, -0.2) is 0 Å². The molecule has 1 aromatic rings. The topological polar surface area (TPSA) is 0 Å². The Bertz CT molecular complexity index is 331. The van der Waals surface area contributed by atoms with Gasteiger partial charge in [0.1, 0.15) is 0 Å². The molecule has 0 fully saturated rings. The molecular weight excluding hydrogens is 310 g/mol. The summed E-state index contributed by atoms with van der Waals surface area (Å²) in [5, 5.41) is 1.59. The molecule has 0 N–H and O–H groups in total. The number of halogens is 4. The van der Waals surface area contributed by atoms with Gasteiger partial charge in [-0.15, -0.1) is 24.8 Å². The van der Waals surface area contributed by atoms with E-state index in [1.165, 1.54) is 0 Å². The second kappa shape index (κ2) is 6.74. The Kier molecular flexibility index (Phi) is 8.29. The molecule has 5 heteroatoms. The van der Waals surface area contributed by atoms with E-state index in [1.54, 1.807) is 0 Å². The summed E-state index contributed by atoms with van der Waals surface area (Å²) < 4.78 is 1.04. The van der Waals surface area contributed by atoms with E-state index >= 15 is 0 Å². The summed E-state index contributed by atoms with van der Waals surface area (Å²) in [6.45, 7) is 6.39. The van der Waals surface area contributed by atoms with Crippen molar-refractivity contribution in [3.63, 3.8) is 0 Å². The minimum Gasteiger partial charge on any atom is -0.147 e. The Morgan fingerprint density at radius 3 is 1.93 bits per heavy atom. The van der Waals surface area contributed by atoms with Gasteiger partial charge in [0, 0.05) is 0 Å². The fourth-order valence-electron chi connectivity index (χ4n) is 1.13. The van der Waals surface area contributed by atoms with Crippen LogP contribution in [0.5, 0.6) is 0 Å². The van der Waals surface area contributed by atoms with Crippen molar-refractivity contribution in [2.45, 2.75) is 26.2 Å². The maximum Gasteiger partial charge on any atom is -0.147 e. The first-order valence-electron chi connectivity index (χ1n) is 4.03. The van der Waals surface area contributed by atoms with Crippen LogP contribution in [0.15, 0.2) is 12.1 Å². The van der Waals surface area contributed by atoms with Crippen molar-refractivity contribution in [3.05, 3.63) is 27.7 Å². The quantitative estimate of drug-likeness (QED) is 0.624. The molecule has 0 aliphatic carbocycles. The van der Waals surface area contributed by atoms with Crippen LogP contribution < -0.4 is 3.87 Å². The van der Waals surface area contributed by atoms with Crippen molar-refractivity contribution in [1.82, 2.24) is 0 Å². The Morgan fingerprint density at radius 2 is 1.53 bits per heavy atom. The van der Waals surface area contributed by atoms with E-state index in [0.29, 0.717) is 0 Å². The SMILES string of the molecule is CC(C)(C)c1cc(Cl)c[c]([Ti])c1Cl.Cl.Cl. The summed E-state index contributed by atoms with van der Waals surface area (Å²) in [4.78, 5) is 0. The van der Waals surface area contributed by atoms with E-state index in [1.807, 2.05) is 32.6 Å². The van der Waals surface area contributed by atoms with Crippen LogP contribution in [0.2, 0.25) is 10.0 Å². The number of hydrogen-bond acceptors (Lipinski definition) is 0. The second-order valence-electron chi connectivity index (χ2n) is 4.06. The molecule has 0 heterocycles. The molecule has 0 aromatic heterocycles. The summed E-state index contributed by atoms with van der Waals surface area (Å²) in [5.41, 5.74) is 1.16. The molecule has 0 aliphatic rings. The van der Waals surface area contributed by atoms with Gasteiger partial charge >= 0.3 is 101 Å². The first kappa shape index (κ1) is 18.5. The summed E-state index contributed by atoms with van der Waals surface area (Å²) in [6.07, 6.45) is 0.